The van der Waals surface area contributed by atoms with Crippen LogP contribution in [0.15, 0.2) is 27.1 Å². The molecule has 0 unspecified atom stereocenters. The summed E-state index contributed by atoms with van der Waals surface area (Å²) in [5, 5.41) is 17.8. The molecule has 0 saturated heterocycles. The van der Waals surface area contributed by atoms with Crippen LogP contribution in [0.5, 0.6) is 0 Å². The highest BCUT2D eigenvalue weighted by atomic mass is 79.9. The summed E-state index contributed by atoms with van der Waals surface area (Å²) in [5.74, 6) is -3.61. The van der Waals surface area contributed by atoms with Crippen molar-refractivity contribution in [3.05, 3.63) is 39.7 Å². The Balaban J connectivity index is 2.60. The Morgan fingerprint density at radius 2 is 1.95 bits per heavy atom. The van der Waals surface area contributed by atoms with Gasteiger partial charge in [0.25, 0.3) is 0 Å². The zero-order valence-corrected chi connectivity index (χ0v) is 11.3. The van der Waals surface area contributed by atoms with Gasteiger partial charge in [-0.2, -0.15) is 0 Å². The van der Waals surface area contributed by atoms with Crippen LogP contribution in [-0.4, -0.2) is 27.1 Å². The quantitative estimate of drug-likeness (QED) is 0.899. The Morgan fingerprint density at radius 1 is 1.26 bits per heavy atom. The second kappa shape index (κ2) is 4.85. The average Bonchev–Trinajstić information content (AvgIpc) is 2.73. The number of oxazole rings is 1. The van der Waals surface area contributed by atoms with E-state index in [0.717, 1.165) is 10.0 Å². The maximum atomic E-state index is 10.9. The number of hydrogen-bond donors (Lipinski definition) is 2. The zero-order chi connectivity index (χ0) is 14.2. The molecule has 0 aliphatic carbocycles. The van der Waals surface area contributed by atoms with E-state index in [1.165, 1.54) is 0 Å². The molecule has 0 aliphatic heterocycles. The van der Waals surface area contributed by atoms with E-state index in [-0.39, 0.29) is 5.89 Å². The van der Waals surface area contributed by atoms with Gasteiger partial charge in [-0.05, 0) is 30.7 Å². The minimum Gasteiger partial charge on any atom is -0.476 e. The van der Waals surface area contributed by atoms with E-state index in [1.807, 2.05) is 0 Å². The van der Waals surface area contributed by atoms with Gasteiger partial charge >= 0.3 is 11.9 Å². The molecule has 0 aliphatic rings. The molecule has 0 spiro atoms. The Bertz CT molecular complexity index is 645. The molecule has 2 aromatic rings. The van der Waals surface area contributed by atoms with Gasteiger partial charge in [-0.25, -0.2) is 14.6 Å². The molecule has 0 fully saturated rings. The Hall–Kier alpha value is -2.15. The number of rotatable bonds is 3. The van der Waals surface area contributed by atoms with Crippen LogP contribution in [0.3, 0.4) is 0 Å². The van der Waals surface area contributed by atoms with E-state index < -0.39 is 23.4 Å². The molecule has 1 aromatic heterocycles. The third-order valence-corrected chi connectivity index (χ3v) is 2.94. The van der Waals surface area contributed by atoms with Crippen molar-refractivity contribution < 1.29 is 24.2 Å². The topological polar surface area (TPSA) is 101 Å². The zero-order valence-electron chi connectivity index (χ0n) is 9.68. The highest BCUT2D eigenvalue weighted by Gasteiger charge is 2.25. The standard InChI is InChI=1S/C12H8BrNO5/c1-5-4-6(13)2-3-7(5)10-14-8(11(15)16)9(19-10)12(17)18/h2-4H,1H3,(H,15,16)(H,17,18). The van der Waals surface area contributed by atoms with Crippen LogP contribution >= 0.6 is 15.9 Å². The second-order valence-electron chi connectivity index (χ2n) is 3.77. The van der Waals surface area contributed by atoms with Gasteiger partial charge < -0.3 is 14.6 Å². The van der Waals surface area contributed by atoms with E-state index in [1.54, 1.807) is 25.1 Å². The Kier molecular flexibility index (Phi) is 3.39. The molecule has 0 atom stereocenters. The van der Waals surface area contributed by atoms with E-state index >= 15 is 0 Å². The number of carboxylic acid groups (broad SMARTS) is 2. The summed E-state index contributed by atoms with van der Waals surface area (Å²) >= 11 is 3.30. The summed E-state index contributed by atoms with van der Waals surface area (Å²) in [4.78, 5) is 25.6. The minimum atomic E-state index is -1.47. The van der Waals surface area contributed by atoms with Crippen LogP contribution < -0.4 is 0 Å². The number of benzene rings is 1. The van der Waals surface area contributed by atoms with Gasteiger partial charge in [0, 0.05) is 10.0 Å². The lowest BCUT2D eigenvalue weighted by Gasteiger charge is -2.01. The fourth-order valence-electron chi connectivity index (χ4n) is 1.59. The van der Waals surface area contributed by atoms with Crippen LogP contribution in [-0.2, 0) is 0 Å². The Labute approximate surface area is 115 Å². The maximum Gasteiger partial charge on any atom is 0.374 e. The van der Waals surface area contributed by atoms with Crippen molar-refractivity contribution in [3.8, 4) is 11.5 Å². The maximum absolute atomic E-state index is 10.9. The fraction of sp³-hybridized carbons (Fsp3) is 0.0833. The largest absolute Gasteiger partial charge is 0.476 e. The van der Waals surface area contributed by atoms with Crippen molar-refractivity contribution in [2.45, 2.75) is 6.92 Å². The monoisotopic (exact) mass is 325 g/mol. The first-order chi connectivity index (χ1) is 8.90. The van der Waals surface area contributed by atoms with Crippen molar-refractivity contribution in [1.82, 2.24) is 4.98 Å². The molecule has 7 heteroatoms. The number of aromatic nitrogens is 1. The lowest BCUT2D eigenvalue weighted by Crippen LogP contribution is -2.05. The number of halogens is 1. The van der Waals surface area contributed by atoms with Crippen LogP contribution in [0.25, 0.3) is 11.5 Å². The molecule has 1 aromatic carbocycles. The summed E-state index contributed by atoms with van der Waals surface area (Å²) < 4.78 is 5.88. The molecule has 19 heavy (non-hydrogen) atoms. The van der Waals surface area contributed by atoms with Crippen molar-refractivity contribution >= 4 is 27.9 Å². The van der Waals surface area contributed by atoms with Crippen molar-refractivity contribution in [2.24, 2.45) is 0 Å². The smallest absolute Gasteiger partial charge is 0.374 e. The first-order valence-corrected chi connectivity index (χ1v) is 5.93. The SMILES string of the molecule is Cc1cc(Br)ccc1-c1nc(C(=O)O)c(C(=O)O)o1. The number of carboxylic acids is 2. The van der Waals surface area contributed by atoms with Gasteiger partial charge in [0.2, 0.25) is 17.3 Å². The highest BCUT2D eigenvalue weighted by molar-refractivity contribution is 9.10. The number of nitrogens with zero attached hydrogens (tertiary/aromatic N) is 1. The molecule has 1 heterocycles. The molecule has 2 rings (SSSR count). The molecule has 2 N–H and O–H groups in total. The molecule has 98 valence electrons. The summed E-state index contributed by atoms with van der Waals surface area (Å²) in [6, 6.07) is 5.19. The predicted molar refractivity (Wildman–Crippen MR) is 68.3 cm³/mol. The molecule has 0 amide bonds. The fourth-order valence-corrected chi connectivity index (χ4v) is 2.07. The van der Waals surface area contributed by atoms with E-state index in [4.69, 9.17) is 14.6 Å². The van der Waals surface area contributed by atoms with Crippen molar-refractivity contribution in [1.29, 1.82) is 0 Å². The minimum absolute atomic E-state index is 0.0280. The van der Waals surface area contributed by atoms with Crippen molar-refractivity contribution in [2.75, 3.05) is 0 Å². The van der Waals surface area contributed by atoms with Gasteiger partial charge in [0.05, 0.1) is 0 Å². The normalized spacial score (nSPS) is 10.4. The van der Waals surface area contributed by atoms with Crippen LogP contribution in [0.2, 0.25) is 0 Å². The number of aromatic carboxylic acids is 2. The van der Waals surface area contributed by atoms with Crippen LogP contribution in [0.1, 0.15) is 26.6 Å². The van der Waals surface area contributed by atoms with Crippen LogP contribution in [0.4, 0.5) is 0 Å². The number of carbonyl (C=O) groups is 2. The number of hydrogen-bond acceptors (Lipinski definition) is 4. The van der Waals surface area contributed by atoms with E-state index in [9.17, 15) is 9.59 Å². The molecule has 6 nitrogen and oxygen atoms in total. The summed E-state index contributed by atoms with van der Waals surface area (Å²) in [7, 11) is 0. The van der Waals surface area contributed by atoms with Gasteiger partial charge in [-0.1, -0.05) is 15.9 Å². The second-order valence-corrected chi connectivity index (χ2v) is 4.68. The lowest BCUT2D eigenvalue weighted by molar-refractivity contribution is 0.0624. The third kappa shape index (κ3) is 2.50. The first-order valence-electron chi connectivity index (χ1n) is 5.14. The molecular weight excluding hydrogens is 318 g/mol. The highest BCUT2D eigenvalue weighted by Crippen LogP contribution is 2.27. The van der Waals surface area contributed by atoms with Gasteiger partial charge in [-0.3, -0.25) is 0 Å². The Morgan fingerprint density at radius 3 is 2.42 bits per heavy atom. The predicted octanol–water partition coefficient (Wildman–Crippen LogP) is 2.81. The number of aryl methyl sites for hydroxylation is 1. The van der Waals surface area contributed by atoms with E-state index in [2.05, 4.69) is 20.9 Å². The van der Waals surface area contributed by atoms with Gasteiger partial charge in [0.15, 0.2) is 0 Å². The molecular formula is C12H8BrNO5. The van der Waals surface area contributed by atoms with Gasteiger partial charge in [-0.15, -0.1) is 0 Å². The lowest BCUT2D eigenvalue weighted by atomic mass is 10.1. The summed E-state index contributed by atoms with van der Waals surface area (Å²) in [6.07, 6.45) is 0. The molecule has 0 radical (unpaired) electrons. The van der Waals surface area contributed by atoms with Crippen molar-refractivity contribution in [3.63, 3.8) is 0 Å². The van der Waals surface area contributed by atoms with E-state index in [0.29, 0.717) is 5.56 Å². The summed E-state index contributed by atoms with van der Waals surface area (Å²) in [6.45, 7) is 1.78. The average molecular weight is 326 g/mol. The molecule has 0 bridgehead atoms. The molecule has 0 saturated carbocycles. The van der Waals surface area contributed by atoms with Gasteiger partial charge in [0.1, 0.15) is 0 Å². The van der Waals surface area contributed by atoms with Crippen LogP contribution in [0, 0.1) is 6.92 Å². The first kappa shape index (κ1) is 13.3. The summed E-state index contributed by atoms with van der Waals surface area (Å²) in [5.41, 5.74) is 0.715. The third-order valence-electron chi connectivity index (χ3n) is 2.44.